The van der Waals surface area contributed by atoms with Crippen LogP contribution < -0.4 is 5.32 Å². The molecule has 1 aliphatic carbocycles. The number of thioether (sulfide) groups is 1. The van der Waals surface area contributed by atoms with E-state index >= 15 is 0 Å². The minimum absolute atomic E-state index is 0.216. The third-order valence-corrected chi connectivity index (χ3v) is 5.27. The van der Waals surface area contributed by atoms with Crippen LogP contribution in [0.3, 0.4) is 0 Å². The van der Waals surface area contributed by atoms with Crippen LogP contribution in [0.2, 0.25) is 0 Å². The van der Waals surface area contributed by atoms with Gasteiger partial charge in [-0.3, -0.25) is 10.1 Å². The molecule has 0 radical (unpaired) electrons. The van der Waals surface area contributed by atoms with E-state index in [2.05, 4.69) is 37.2 Å². The average molecular weight is 284 g/mol. The van der Waals surface area contributed by atoms with Gasteiger partial charge in [-0.25, -0.2) is 0 Å². The van der Waals surface area contributed by atoms with Crippen molar-refractivity contribution in [2.24, 2.45) is 5.92 Å². The lowest BCUT2D eigenvalue weighted by Gasteiger charge is -2.31. The van der Waals surface area contributed by atoms with Crippen LogP contribution >= 0.6 is 11.8 Å². The molecule has 0 aromatic heterocycles. The van der Waals surface area contributed by atoms with Gasteiger partial charge < -0.3 is 4.90 Å². The van der Waals surface area contributed by atoms with Gasteiger partial charge in [0.05, 0.1) is 11.7 Å². The number of carbonyl (C=O) groups is 1. The fourth-order valence-corrected chi connectivity index (χ4v) is 4.27. The lowest BCUT2D eigenvalue weighted by Crippen LogP contribution is -2.45. The predicted molar refractivity (Wildman–Crippen MR) is 82.3 cm³/mol. The quantitative estimate of drug-likeness (QED) is 0.842. The minimum Gasteiger partial charge on any atom is -0.322 e. The SMILES string of the molecule is CSCC(C)N1C(=O)C2(CCCC2)NC1CC(C)C. The number of carbonyl (C=O) groups excluding carboxylic acids is 1. The van der Waals surface area contributed by atoms with E-state index < -0.39 is 0 Å². The summed E-state index contributed by atoms with van der Waals surface area (Å²) in [5.41, 5.74) is -0.216. The second kappa shape index (κ2) is 6.04. The molecule has 1 spiro atoms. The molecular formula is C15H28N2OS. The van der Waals surface area contributed by atoms with E-state index in [0.717, 1.165) is 25.0 Å². The zero-order valence-electron chi connectivity index (χ0n) is 12.7. The van der Waals surface area contributed by atoms with Crippen LogP contribution in [0, 0.1) is 5.92 Å². The Morgan fingerprint density at radius 1 is 1.37 bits per heavy atom. The molecule has 1 saturated carbocycles. The smallest absolute Gasteiger partial charge is 0.244 e. The van der Waals surface area contributed by atoms with Crippen molar-refractivity contribution in [2.45, 2.75) is 70.6 Å². The fraction of sp³-hybridized carbons (Fsp3) is 0.933. The van der Waals surface area contributed by atoms with E-state index in [1.54, 1.807) is 0 Å². The molecule has 0 aromatic carbocycles. The van der Waals surface area contributed by atoms with E-state index in [4.69, 9.17) is 0 Å². The second-order valence-corrected chi connectivity index (χ2v) is 7.51. The summed E-state index contributed by atoms with van der Waals surface area (Å²) >= 11 is 1.83. The Morgan fingerprint density at radius 3 is 2.53 bits per heavy atom. The van der Waals surface area contributed by atoms with Crippen molar-refractivity contribution in [1.29, 1.82) is 0 Å². The molecule has 19 heavy (non-hydrogen) atoms. The first kappa shape index (κ1) is 15.2. The third-order valence-electron chi connectivity index (χ3n) is 4.46. The van der Waals surface area contributed by atoms with E-state index in [1.807, 2.05) is 11.8 Å². The number of rotatable bonds is 5. The van der Waals surface area contributed by atoms with Crippen molar-refractivity contribution in [2.75, 3.05) is 12.0 Å². The fourth-order valence-electron chi connectivity index (χ4n) is 3.62. The van der Waals surface area contributed by atoms with E-state index in [9.17, 15) is 4.79 Å². The molecule has 4 heteroatoms. The van der Waals surface area contributed by atoms with Crippen molar-refractivity contribution in [3.05, 3.63) is 0 Å². The average Bonchev–Trinajstić information content (AvgIpc) is 2.87. The first-order chi connectivity index (χ1) is 9.00. The number of hydrogen-bond donors (Lipinski definition) is 1. The van der Waals surface area contributed by atoms with Gasteiger partial charge in [-0.15, -0.1) is 0 Å². The summed E-state index contributed by atoms with van der Waals surface area (Å²) in [6.07, 6.45) is 7.87. The molecule has 1 amide bonds. The molecule has 0 bridgehead atoms. The van der Waals surface area contributed by atoms with Crippen LogP contribution in [-0.2, 0) is 4.79 Å². The summed E-state index contributed by atoms with van der Waals surface area (Å²) in [5.74, 6) is 2.01. The van der Waals surface area contributed by atoms with Crippen LogP contribution in [0.25, 0.3) is 0 Å². The molecule has 1 aliphatic heterocycles. The Hall–Kier alpha value is -0.220. The highest BCUT2D eigenvalue weighted by molar-refractivity contribution is 7.98. The normalized spacial score (nSPS) is 27.7. The highest BCUT2D eigenvalue weighted by atomic mass is 32.2. The Labute approximate surface area is 121 Å². The molecule has 2 fully saturated rings. The summed E-state index contributed by atoms with van der Waals surface area (Å²) in [6, 6.07) is 0.332. The van der Waals surface area contributed by atoms with Gasteiger partial charge in [0, 0.05) is 11.8 Å². The summed E-state index contributed by atoms with van der Waals surface area (Å²) in [7, 11) is 0. The van der Waals surface area contributed by atoms with Gasteiger partial charge >= 0.3 is 0 Å². The Bertz CT molecular complexity index is 326. The molecule has 2 aliphatic rings. The molecule has 1 saturated heterocycles. The molecule has 2 atom stereocenters. The lowest BCUT2D eigenvalue weighted by molar-refractivity contribution is -0.134. The Morgan fingerprint density at radius 2 is 2.00 bits per heavy atom. The van der Waals surface area contributed by atoms with E-state index in [1.165, 1.54) is 12.8 Å². The second-order valence-electron chi connectivity index (χ2n) is 6.60. The molecular weight excluding hydrogens is 256 g/mol. The monoisotopic (exact) mass is 284 g/mol. The molecule has 1 heterocycles. The topological polar surface area (TPSA) is 32.3 Å². The highest BCUT2D eigenvalue weighted by Gasteiger charge is 2.53. The van der Waals surface area contributed by atoms with Crippen LogP contribution in [-0.4, -0.2) is 40.6 Å². The Balaban J connectivity index is 2.17. The van der Waals surface area contributed by atoms with Crippen molar-refractivity contribution >= 4 is 17.7 Å². The highest BCUT2D eigenvalue weighted by Crippen LogP contribution is 2.38. The molecule has 0 aromatic rings. The van der Waals surface area contributed by atoms with Gasteiger partial charge in [-0.2, -0.15) is 11.8 Å². The number of amides is 1. The maximum atomic E-state index is 12.9. The van der Waals surface area contributed by atoms with Gasteiger partial charge in [0.1, 0.15) is 0 Å². The van der Waals surface area contributed by atoms with Gasteiger partial charge in [0.15, 0.2) is 0 Å². The zero-order valence-corrected chi connectivity index (χ0v) is 13.6. The summed E-state index contributed by atoms with van der Waals surface area (Å²) < 4.78 is 0. The predicted octanol–water partition coefficient (Wildman–Crippen LogP) is 2.85. The Kier molecular flexibility index (Phi) is 4.83. The standard InChI is InChI=1S/C15H28N2OS/c1-11(2)9-13-16-15(7-5-6-8-15)14(18)17(13)12(3)10-19-4/h11-13,16H,5-10H2,1-4H3. The number of hydrogen-bond acceptors (Lipinski definition) is 3. The molecule has 3 nitrogen and oxygen atoms in total. The summed E-state index contributed by atoms with van der Waals surface area (Å²) in [4.78, 5) is 15.0. The van der Waals surface area contributed by atoms with Crippen LogP contribution in [0.1, 0.15) is 52.9 Å². The van der Waals surface area contributed by atoms with Crippen molar-refractivity contribution in [3.63, 3.8) is 0 Å². The first-order valence-corrected chi connectivity index (χ1v) is 8.99. The van der Waals surface area contributed by atoms with Crippen molar-refractivity contribution in [3.8, 4) is 0 Å². The number of nitrogens with one attached hydrogen (secondary N) is 1. The van der Waals surface area contributed by atoms with Crippen LogP contribution in [0.5, 0.6) is 0 Å². The molecule has 110 valence electrons. The van der Waals surface area contributed by atoms with Crippen molar-refractivity contribution < 1.29 is 4.79 Å². The van der Waals surface area contributed by atoms with Gasteiger partial charge in [0.2, 0.25) is 5.91 Å². The molecule has 1 N–H and O–H groups in total. The zero-order chi connectivity index (χ0) is 14.0. The molecule has 2 unspecified atom stereocenters. The maximum Gasteiger partial charge on any atom is 0.244 e. The van der Waals surface area contributed by atoms with E-state index in [-0.39, 0.29) is 11.7 Å². The van der Waals surface area contributed by atoms with Gasteiger partial charge in [-0.05, 0) is 38.4 Å². The summed E-state index contributed by atoms with van der Waals surface area (Å²) in [5, 5.41) is 3.70. The van der Waals surface area contributed by atoms with Gasteiger partial charge in [0.25, 0.3) is 0 Å². The van der Waals surface area contributed by atoms with Crippen LogP contribution in [0.4, 0.5) is 0 Å². The van der Waals surface area contributed by atoms with Crippen LogP contribution in [0.15, 0.2) is 0 Å². The lowest BCUT2D eigenvalue weighted by atomic mass is 9.97. The number of nitrogens with zero attached hydrogens (tertiary/aromatic N) is 1. The van der Waals surface area contributed by atoms with E-state index in [0.29, 0.717) is 17.9 Å². The largest absolute Gasteiger partial charge is 0.322 e. The van der Waals surface area contributed by atoms with Crippen molar-refractivity contribution in [1.82, 2.24) is 10.2 Å². The minimum atomic E-state index is -0.216. The van der Waals surface area contributed by atoms with Gasteiger partial charge in [-0.1, -0.05) is 26.7 Å². The maximum absolute atomic E-state index is 12.9. The third kappa shape index (κ3) is 2.94. The molecule has 2 rings (SSSR count). The summed E-state index contributed by atoms with van der Waals surface area (Å²) in [6.45, 7) is 6.67. The first-order valence-electron chi connectivity index (χ1n) is 7.59.